The zero-order valence-electron chi connectivity index (χ0n) is 12.5. The molecular weight excluding hydrogens is 286 g/mol. The van der Waals surface area contributed by atoms with E-state index in [9.17, 15) is 4.79 Å². The maximum Gasteiger partial charge on any atom is 0.339 e. The predicted octanol–water partition coefficient (Wildman–Crippen LogP) is 1.67. The standard InChI is InChI=1S/C15H17N3O4/c1-10-16-17-14(22-10)11-3-4-13(12(9-11)15(19)20-2)18-5-7-21-8-6-18/h3-4,9H,5-8H2,1-2H3. The van der Waals surface area contributed by atoms with Gasteiger partial charge in [-0.2, -0.15) is 0 Å². The Labute approximate surface area is 127 Å². The summed E-state index contributed by atoms with van der Waals surface area (Å²) in [6, 6.07) is 5.47. The second-order valence-electron chi connectivity index (χ2n) is 4.95. The molecule has 0 amide bonds. The minimum atomic E-state index is -0.389. The smallest absolute Gasteiger partial charge is 0.339 e. The predicted molar refractivity (Wildman–Crippen MR) is 78.8 cm³/mol. The zero-order chi connectivity index (χ0) is 15.5. The Morgan fingerprint density at radius 1 is 1.27 bits per heavy atom. The number of rotatable bonds is 3. The number of anilines is 1. The molecule has 7 heteroatoms. The molecule has 2 heterocycles. The molecule has 1 fully saturated rings. The largest absolute Gasteiger partial charge is 0.465 e. The van der Waals surface area contributed by atoms with E-state index in [-0.39, 0.29) is 5.97 Å². The number of morpholine rings is 1. The quantitative estimate of drug-likeness (QED) is 0.798. The number of carbonyl (C=O) groups is 1. The lowest BCUT2D eigenvalue weighted by Gasteiger charge is -2.30. The van der Waals surface area contributed by atoms with Crippen molar-refractivity contribution < 1.29 is 18.7 Å². The fourth-order valence-electron chi connectivity index (χ4n) is 2.44. The summed E-state index contributed by atoms with van der Waals surface area (Å²) < 4.78 is 15.7. The van der Waals surface area contributed by atoms with Gasteiger partial charge in [0, 0.05) is 25.6 Å². The van der Waals surface area contributed by atoms with Crippen molar-refractivity contribution in [1.29, 1.82) is 0 Å². The third kappa shape index (κ3) is 2.80. The van der Waals surface area contributed by atoms with E-state index >= 15 is 0 Å². The van der Waals surface area contributed by atoms with E-state index in [1.165, 1.54) is 7.11 Å². The second kappa shape index (κ2) is 6.15. The number of esters is 1. The number of hydrogen-bond acceptors (Lipinski definition) is 7. The highest BCUT2D eigenvalue weighted by Gasteiger charge is 2.21. The molecule has 2 aromatic rings. The Morgan fingerprint density at radius 2 is 2.05 bits per heavy atom. The Bertz CT molecular complexity index is 677. The summed E-state index contributed by atoms with van der Waals surface area (Å²) >= 11 is 0. The van der Waals surface area contributed by atoms with E-state index in [2.05, 4.69) is 15.1 Å². The number of aryl methyl sites for hydroxylation is 1. The average molecular weight is 303 g/mol. The maximum absolute atomic E-state index is 12.1. The highest BCUT2D eigenvalue weighted by molar-refractivity contribution is 5.97. The van der Waals surface area contributed by atoms with E-state index in [4.69, 9.17) is 13.9 Å². The van der Waals surface area contributed by atoms with Gasteiger partial charge in [-0.3, -0.25) is 0 Å². The summed E-state index contributed by atoms with van der Waals surface area (Å²) in [4.78, 5) is 14.2. The third-order valence-corrected chi connectivity index (χ3v) is 3.53. The molecular formula is C15H17N3O4. The van der Waals surface area contributed by atoms with Gasteiger partial charge in [0.25, 0.3) is 0 Å². The first kappa shape index (κ1) is 14.5. The molecule has 1 aliphatic rings. The van der Waals surface area contributed by atoms with E-state index in [1.807, 2.05) is 12.1 Å². The van der Waals surface area contributed by atoms with Crippen LogP contribution in [0.2, 0.25) is 0 Å². The van der Waals surface area contributed by atoms with E-state index in [0.717, 1.165) is 18.8 Å². The van der Waals surface area contributed by atoms with Crippen LogP contribution in [0.4, 0.5) is 5.69 Å². The van der Waals surface area contributed by atoms with Gasteiger partial charge < -0.3 is 18.8 Å². The summed E-state index contributed by atoms with van der Waals surface area (Å²) in [5.74, 6) is 0.475. The molecule has 0 spiro atoms. The van der Waals surface area contributed by atoms with E-state index in [1.54, 1.807) is 13.0 Å². The van der Waals surface area contributed by atoms with Crippen LogP contribution in [0, 0.1) is 6.92 Å². The molecule has 1 aromatic heterocycles. The zero-order valence-corrected chi connectivity index (χ0v) is 12.5. The lowest BCUT2D eigenvalue weighted by atomic mass is 10.1. The summed E-state index contributed by atoms with van der Waals surface area (Å²) in [6.07, 6.45) is 0. The van der Waals surface area contributed by atoms with Gasteiger partial charge in [0.2, 0.25) is 11.8 Å². The average Bonchev–Trinajstić information content (AvgIpc) is 3.01. The van der Waals surface area contributed by atoms with Gasteiger partial charge in [-0.1, -0.05) is 0 Å². The summed E-state index contributed by atoms with van der Waals surface area (Å²) in [7, 11) is 1.37. The number of carbonyl (C=O) groups excluding carboxylic acids is 1. The van der Waals surface area contributed by atoms with Gasteiger partial charge in [-0.25, -0.2) is 4.79 Å². The normalized spacial score (nSPS) is 14.9. The first-order valence-corrected chi connectivity index (χ1v) is 7.04. The summed E-state index contributed by atoms with van der Waals surface area (Å²) in [5, 5.41) is 7.79. The molecule has 116 valence electrons. The Morgan fingerprint density at radius 3 is 2.68 bits per heavy atom. The molecule has 0 N–H and O–H groups in total. The van der Waals surface area contributed by atoms with Crippen molar-refractivity contribution in [1.82, 2.24) is 10.2 Å². The maximum atomic E-state index is 12.1. The van der Waals surface area contributed by atoms with Crippen LogP contribution in [-0.4, -0.2) is 49.6 Å². The van der Waals surface area contributed by atoms with Crippen molar-refractivity contribution in [3.8, 4) is 11.5 Å². The summed E-state index contributed by atoms with van der Waals surface area (Å²) in [5.41, 5.74) is 2.01. The van der Waals surface area contributed by atoms with E-state index < -0.39 is 0 Å². The molecule has 0 atom stereocenters. The van der Waals surface area contributed by atoms with Crippen molar-refractivity contribution in [2.75, 3.05) is 38.3 Å². The molecule has 1 saturated heterocycles. The van der Waals surface area contributed by atoms with Crippen molar-refractivity contribution in [2.24, 2.45) is 0 Å². The van der Waals surface area contributed by atoms with E-state index in [0.29, 0.717) is 36.1 Å². The van der Waals surface area contributed by atoms with Gasteiger partial charge in [0.05, 0.1) is 31.6 Å². The van der Waals surface area contributed by atoms with Crippen LogP contribution in [0.5, 0.6) is 0 Å². The lowest BCUT2D eigenvalue weighted by Crippen LogP contribution is -2.37. The summed E-state index contributed by atoms with van der Waals surface area (Å²) in [6.45, 7) is 4.49. The Hall–Kier alpha value is -2.41. The van der Waals surface area contributed by atoms with Crippen LogP contribution in [0.1, 0.15) is 16.2 Å². The molecule has 0 radical (unpaired) electrons. The van der Waals surface area contributed by atoms with Crippen molar-refractivity contribution in [3.05, 3.63) is 29.7 Å². The van der Waals surface area contributed by atoms with Gasteiger partial charge >= 0.3 is 5.97 Å². The van der Waals surface area contributed by atoms with Crippen LogP contribution in [0.3, 0.4) is 0 Å². The number of nitrogens with zero attached hydrogens (tertiary/aromatic N) is 3. The highest BCUT2D eigenvalue weighted by atomic mass is 16.5. The first-order valence-electron chi connectivity index (χ1n) is 7.04. The molecule has 0 saturated carbocycles. The number of aromatic nitrogens is 2. The third-order valence-electron chi connectivity index (χ3n) is 3.53. The van der Waals surface area contributed by atoms with Crippen molar-refractivity contribution in [3.63, 3.8) is 0 Å². The Kier molecular flexibility index (Phi) is 4.06. The SMILES string of the molecule is COC(=O)c1cc(-c2nnc(C)o2)ccc1N1CCOCC1. The van der Waals surface area contributed by atoms with Gasteiger partial charge in [0.1, 0.15) is 0 Å². The number of methoxy groups -OCH3 is 1. The number of ether oxygens (including phenoxy) is 2. The minimum absolute atomic E-state index is 0.385. The lowest BCUT2D eigenvalue weighted by molar-refractivity contribution is 0.0600. The van der Waals surface area contributed by atoms with Gasteiger partial charge in [0.15, 0.2) is 0 Å². The van der Waals surface area contributed by atoms with Crippen LogP contribution in [0.25, 0.3) is 11.5 Å². The number of benzene rings is 1. The second-order valence-corrected chi connectivity index (χ2v) is 4.95. The molecule has 0 unspecified atom stereocenters. The molecule has 7 nitrogen and oxygen atoms in total. The first-order chi connectivity index (χ1) is 10.7. The van der Waals surface area contributed by atoms with Crippen LogP contribution >= 0.6 is 0 Å². The van der Waals surface area contributed by atoms with Gasteiger partial charge in [-0.15, -0.1) is 10.2 Å². The minimum Gasteiger partial charge on any atom is -0.465 e. The van der Waals surface area contributed by atoms with Gasteiger partial charge in [-0.05, 0) is 18.2 Å². The molecule has 3 rings (SSSR count). The fourth-order valence-corrected chi connectivity index (χ4v) is 2.44. The monoisotopic (exact) mass is 303 g/mol. The topological polar surface area (TPSA) is 77.7 Å². The highest BCUT2D eigenvalue weighted by Crippen LogP contribution is 2.28. The molecule has 0 aliphatic carbocycles. The molecule has 1 aliphatic heterocycles. The molecule has 22 heavy (non-hydrogen) atoms. The Balaban J connectivity index is 2.01. The number of hydrogen-bond donors (Lipinski definition) is 0. The van der Waals surface area contributed by atoms with Crippen molar-refractivity contribution >= 4 is 11.7 Å². The fraction of sp³-hybridized carbons (Fsp3) is 0.400. The van der Waals surface area contributed by atoms with Crippen LogP contribution in [0.15, 0.2) is 22.6 Å². The van der Waals surface area contributed by atoms with Crippen LogP contribution < -0.4 is 4.90 Å². The molecule has 0 bridgehead atoms. The van der Waals surface area contributed by atoms with Crippen molar-refractivity contribution in [2.45, 2.75) is 6.92 Å². The molecule has 1 aromatic carbocycles. The van der Waals surface area contributed by atoms with Crippen LogP contribution in [-0.2, 0) is 9.47 Å².